The van der Waals surface area contributed by atoms with Gasteiger partial charge in [0.05, 0.1) is 13.1 Å². The molecule has 164 valence electrons. The summed E-state index contributed by atoms with van der Waals surface area (Å²) >= 11 is 6.09. The van der Waals surface area contributed by atoms with Gasteiger partial charge in [0.25, 0.3) is 0 Å². The number of amides is 1. The Morgan fingerprint density at radius 1 is 1.38 bits per heavy atom. The largest absolute Gasteiger partial charge is 0.375 e. The number of ether oxygens (including phenoxy) is 1. The van der Waals surface area contributed by atoms with E-state index in [0.29, 0.717) is 24.2 Å². The number of nitrogens with one attached hydrogen (secondary N) is 3. The number of likely N-dealkylation sites (N-methyl/N-ethyl adjacent to an activating group) is 1. The first-order chi connectivity index (χ1) is 13.5. The molecule has 1 aromatic carbocycles. The van der Waals surface area contributed by atoms with E-state index < -0.39 is 0 Å². The topological polar surface area (TPSA) is 78.0 Å². The van der Waals surface area contributed by atoms with Gasteiger partial charge in [-0.1, -0.05) is 23.7 Å². The highest BCUT2D eigenvalue weighted by molar-refractivity contribution is 14.0. The summed E-state index contributed by atoms with van der Waals surface area (Å²) in [4.78, 5) is 18.4. The minimum Gasteiger partial charge on any atom is -0.375 e. The monoisotopic (exact) mass is 537 g/mol. The zero-order chi connectivity index (χ0) is 20.4. The van der Waals surface area contributed by atoms with Crippen LogP contribution in [0.2, 0.25) is 5.02 Å². The molecule has 1 aliphatic rings. The van der Waals surface area contributed by atoms with Crippen LogP contribution in [0.25, 0.3) is 0 Å². The molecule has 1 saturated heterocycles. The Labute approximate surface area is 196 Å². The van der Waals surface area contributed by atoms with Gasteiger partial charge in [0.15, 0.2) is 5.96 Å². The standard InChI is InChI=1S/C20H32ClN5O2.HI/c1-4-23-20(24-13-18(28-3)15-6-5-7-16(21)12-15)25-17-8-10-26(11-9-17)14-19(27)22-2;/h5-7,12,17-18H,4,8-11,13-14H2,1-3H3,(H,22,27)(H2,23,24,25);1H. The molecule has 9 heteroatoms. The molecular formula is C20H33ClIN5O2. The first-order valence-electron chi connectivity index (χ1n) is 9.81. The van der Waals surface area contributed by atoms with Crippen molar-refractivity contribution < 1.29 is 9.53 Å². The zero-order valence-electron chi connectivity index (χ0n) is 17.4. The number of halogens is 2. The van der Waals surface area contributed by atoms with Crippen LogP contribution in [0.5, 0.6) is 0 Å². The molecule has 0 aromatic heterocycles. The number of methoxy groups -OCH3 is 1. The molecule has 0 bridgehead atoms. The third kappa shape index (κ3) is 9.06. The molecule has 2 rings (SSSR count). The summed E-state index contributed by atoms with van der Waals surface area (Å²) in [5.74, 6) is 0.851. The quantitative estimate of drug-likeness (QED) is 0.270. The predicted octanol–water partition coefficient (Wildman–Crippen LogP) is 2.41. The lowest BCUT2D eigenvalue weighted by atomic mass is 10.1. The third-order valence-electron chi connectivity index (χ3n) is 4.84. The maximum Gasteiger partial charge on any atom is 0.233 e. The van der Waals surface area contributed by atoms with Crippen LogP contribution in [0.15, 0.2) is 29.3 Å². The molecule has 0 spiro atoms. The summed E-state index contributed by atoms with van der Waals surface area (Å²) in [5.41, 5.74) is 1.01. The summed E-state index contributed by atoms with van der Waals surface area (Å²) in [5, 5.41) is 10.2. The Morgan fingerprint density at radius 2 is 2.10 bits per heavy atom. The fourth-order valence-electron chi connectivity index (χ4n) is 3.23. The number of nitrogens with zero attached hydrogens (tertiary/aromatic N) is 2. The number of benzene rings is 1. The van der Waals surface area contributed by atoms with E-state index in [-0.39, 0.29) is 36.0 Å². The second-order valence-corrected chi connectivity index (χ2v) is 7.30. The van der Waals surface area contributed by atoms with Crippen LogP contribution in [0.4, 0.5) is 0 Å². The van der Waals surface area contributed by atoms with Crippen LogP contribution in [0.1, 0.15) is 31.4 Å². The van der Waals surface area contributed by atoms with Crippen LogP contribution in [0.3, 0.4) is 0 Å². The Balaban J connectivity index is 0.00000420. The van der Waals surface area contributed by atoms with Crippen molar-refractivity contribution >= 4 is 47.4 Å². The van der Waals surface area contributed by atoms with Gasteiger partial charge in [-0.25, -0.2) is 0 Å². The lowest BCUT2D eigenvalue weighted by Crippen LogP contribution is -2.50. The fourth-order valence-corrected chi connectivity index (χ4v) is 3.43. The molecule has 29 heavy (non-hydrogen) atoms. The summed E-state index contributed by atoms with van der Waals surface area (Å²) in [6, 6.07) is 8.02. The van der Waals surface area contributed by atoms with E-state index in [1.54, 1.807) is 14.2 Å². The minimum absolute atomic E-state index is 0. The molecule has 1 aliphatic heterocycles. The number of aliphatic imine (C=N–C) groups is 1. The predicted molar refractivity (Wildman–Crippen MR) is 129 cm³/mol. The van der Waals surface area contributed by atoms with Crippen molar-refractivity contribution in [2.24, 2.45) is 4.99 Å². The maximum absolute atomic E-state index is 11.5. The van der Waals surface area contributed by atoms with Crippen LogP contribution in [-0.4, -0.2) is 69.7 Å². The number of likely N-dealkylation sites (tertiary alicyclic amines) is 1. The number of piperidine rings is 1. The van der Waals surface area contributed by atoms with E-state index in [2.05, 4.69) is 20.9 Å². The highest BCUT2D eigenvalue weighted by atomic mass is 127. The normalized spacial score (nSPS) is 16.6. The number of carbonyl (C=O) groups excluding carboxylic acids is 1. The highest BCUT2D eigenvalue weighted by Gasteiger charge is 2.21. The zero-order valence-corrected chi connectivity index (χ0v) is 20.5. The molecule has 1 heterocycles. The van der Waals surface area contributed by atoms with Crippen molar-refractivity contribution in [2.45, 2.75) is 31.9 Å². The highest BCUT2D eigenvalue weighted by Crippen LogP contribution is 2.20. The molecule has 3 N–H and O–H groups in total. The van der Waals surface area contributed by atoms with Gasteiger partial charge in [-0.3, -0.25) is 14.7 Å². The summed E-state index contributed by atoms with van der Waals surface area (Å²) in [6.07, 6.45) is 1.80. The molecule has 1 aromatic rings. The first-order valence-corrected chi connectivity index (χ1v) is 10.2. The van der Waals surface area contributed by atoms with E-state index >= 15 is 0 Å². The van der Waals surface area contributed by atoms with Crippen molar-refractivity contribution in [3.05, 3.63) is 34.9 Å². The molecular weight excluding hydrogens is 505 g/mol. The summed E-state index contributed by atoms with van der Waals surface area (Å²) in [6.45, 7) is 5.60. The van der Waals surface area contributed by atoms with E-state index in [1.165, 1.54) is 0 Å². The average molecular weight is 538 g/mol. The van der Waals surface area contributed by atoms with E-state index in [4.69, 9.17) is 21.3 Å². The van der Waals surface area contributed by atoms with Crippen molar-refractivity contribution in [3.8, 4) is 0 Å². The number of hydrogen-bond donors (Lipinski definition) is 3. The summed E-state index contributed by atoms with van der Waals surface area (Å²) in [7, 11) is 3.36. The van der Waals surface area contributed by atoms with Gasteiger partial charge in [-0.2, -0.15) is 0 Å². The van der Waals surface area contributed by atoms with Gasteiger partial charge < -0.3 is 20.7 Å². The van der Waals surface area contributed by atoms with Crippen LogP contribution >= 0.6 is 35.6 Å². The molecule has 1 amide bonds. The third-order valence-corrected chi connectivity index (χ3v) is 5.07. The van der Waals surface area contributed by atoms with E-state index in [0.717, 1.165) is 44.0 Å². The SMILES string of the molecule is CCNC(=NCC(OC)c1cccc(Cl)c1)NC1CCN(CC(=O)NC)CC1.I. The Morgan fingerprint density at radius 3 is 2.69 bits per heavy atom. The second-order valence-electron chi connectivity index (χ2n) is 6.87. The van der Waals surface area contributed by atoms with Crippen molar-refractivity contribution in [3.63, 3.8) is 0 Å². The summed E-state index contributed by atoms with van der Waals surface area (Å²) < 4.78 is 5.61. The Kier molecular flexibility index (Phi) is 12.5. The van der Waals surface area contributed by atoms with Gasteiger partial charge in [0.2, 0.25) is 5.91 Å². The molecule has 7 nitrogen and oxygen atoms in total. The van der Waals surface area contributed by atoms with Crippen molar-refractivity contribution in [2.75, 3.05) is 46.9 Å². The number of guanidine groups is 1. The number of carbonyl (C=O) groups is 1. The molecule has 0 aliphatic carbocycles. The fraction of sp³-hybridized carbons (Fsp3) is 0.600. The Hall–Kier alpha value is -1.10. The van der Waals surface area contributed by atoms with Gasteiger partial charge in [-0.05, 0) is 37.5 Å². The lowest BCUT2D eigenvalue weighted by Gasteiger charge is -2.32. The van der Waals surface area contributed by atoms with Crippen molar-refractivity contribution in [1.29, 1.82) is 0 Å². The van der Waals surface area contributed by atoms with Gasteiger partial charge in [0, 0.05) is 44.9 Å². The number of hydrogen-bond acceptors (Lipinski definition) is 4. The lowest BCUT2D eigenvalue weighted by molar-refractivity contribution is -0.122. The molecule has 1 unspecified atom stereocenters. The van der Waals surface area contributed by atoms with Gasteiger partial charge in [-0.15, -0.1) is 24.0 Å². The maximum atomic E-state index is 11.5. The first kappa shape index (κ1) is 25.9. The Bertz CT molecular complexity index is 654. The second kappa shape index (κ2) is 14.0. The minimum atomic E-state index is -0.149. The van der Waals surface area contributed by atoms with Crippen molar-refractivity contribution in [1.82, 2.24) is 20.9 Å². The average Bonchev–Trinajstić information content (AvgIpc) is 2.70. The van der Waals surface area contributed by atoms with Gasteiger partial charge in [0.1, 0.15) is 6.10 Å². The molecule has 1 fully saturated rings. The van der Waals surface area contributed by atoms with E-state index in [1.807, 2.05) is 31.2 Å². The van der Waals surface area contributed by atoms with E-state index in [9.17, 15) is 4.79 Å². The smallest absolute Gasteiger partial charge is 0.233 e. The van der Waals surface area contributed by atoms with Crippen LogP contribution in [0, 0.1) is 0 Å². The molecule has 0 saturated carbocycles. The molecule has 1 atom stereocenters. The van der Waals surface area contributed by atoms with Crippen LogP contribution in [-0.2, 0) is 9.53 Å². The van der Waals surface area contributed by atoms with Gasteiger partial charge >= 0.3 is 0 Å². The molecule has 0 radical (unpaired) electrons. The number of rotatable bonds is 8. The van der Waals surface area contributed by atoms with Crippen LogP contribution < -0.4 is 16.0 Å².